The highest BCUT2D eigenvalue weighted by molar-refractivity contribution is 6.06. The Labute approximate surface area is 543 Å². The van der Waals surface area contributed by atoms with Crippen LogP contribution in [0.2, 0.25) is 0 Å². The van der Waals surface area contributed by atoms with E-state index in [0.29, 0.717) is 12.2 Å². The number of carbonyl (C=O) groups is 12. The molecule has 0 aromatic carbocycles. The lowest BCUT2D eigenvalue weighted by Crippen LogP contribution is -2.47. The molecule has 0 bridgehead atoms. The zero-order valence-corrected chi connectivity index (χ0v) is 54.2. The molecule has 0 saturated carbocycles. The standard InChI is InChI=1S/C59H77N23O13/c1-12-17-60-43(83)14-19-64-54(90)48-73-42(32-81(48)10)75-53(89)39-24-33(27-79(39)8)66-44(84)15-21-65-55(91)47-72-41(31-80(47)9)74-50(86)36(69-58(94)95-59(2,3)4)13-18-62-51(87)37-26-35(29-78(37)7)68-57(93)49-71-40(30-82(49)11)70-45(85)16-20-63-52(88)38-25-34(28-77(38)6)67-56(92)46-61-22-23-76(46)5/h22-32,36H,12-21H2,1-11H3,(H,60,83)(H,62,87)(H,63,88)(H,64,90)(H,65,91)(H,66,84)(H,67,92)(H,68,93)(H,69,94)(H,70,85)(H,74,86)(H,75,89)/t36-/m1/s1. The van der Waals surface area contributed by atoms with Crippen LogP contribution in [-0.4, -0.2) is 167 Å². The van der Waals surface area contributed by atoms with Crippen LogP contribution in [0.4, 0.5) is 39.3 Å². The normalized spacial score (nSPS) is 11.4. The summed E-state index contributed by atoms with van der Waals surface area (Å²) in [6, 6.07) is 2.99. The maximum Gasteiger partial charge on any atom is 0.408 e. The van der Waals surface area contributed by atoms with Gasteiger partial charge < -0.3 is 101 Å². The molecule has 0 spiro atoms. The first-order valence-corrected chi connectivity index (χ1v) is 29.8. The second-order valence-electron chi connectivity index (χ2n) is 22.8. The van der Waals surface area contributed by atoms with Gasteiger partial charge in [-0.15, -0.1) is 0 Å². The van der Waals surface area contributed by atoms with E-state index in [1.54, 1.807) is 73.0 Å². The quantitative estimate of drug-likeness (QED) is 0.0313. The van der Waals surface area contributed by atoms with Crippen molar-refractivity contribution in [2.75, 3.05) is 64.6 Å². The molecule has 7 heterocycles. The zero-order valence-electron chi connectivity index (χ0n) is 54.2. The number of aryl methyl sites for hydroxylation is 7. The van der Waals surface area contributed by atoms with Crippen LogP contribution in [0.1, 0.15) is 134 Å². The predicted molar refractivity (Wildman–Crippen MR) is 343 cm³/mol. The van der Waals surface area contributed by atoms with Gasteiger partial charge in [0.2, 0.25) is 41.1 Å². The molecule has 36 heteroatoms. The van der Waals surface area contributed by atoms with Crippen molar-refractivity contribution in [3.05, 3.63) is 108 Å². The fraction of sp³-hybridized carbons (Fsp3) is 0.390. The third-order valence-corrected chi connectivity index (χ3v) is 13.7. The molecule has 0 radical (unpaired) electrons. The SMILES string of the molecule is CCCNC(=O)CCNC(=O)c1nc(NC(=O)c2cc(NC(=O)CCNC(=O)c3nc(NC(=O)[C@@H](CCNC(=O)c4cc(NC(=O)c5nc(NC(=O)CCNC(=O)c6cc(NC(=O)c7nccn7C)cn6C)cn5C)cn4C)NC(=O)OC(C)(C)C)cn3C)cn2C)cn1C. The van der Waals surface area contributed by atoms with Crippen LogP contribution in [0, 0.1) is 0 Å². The number of imidazole rings is 4. The summed E-state index contributed by atoms with van der Waals surface area (Å²) in [6.07, 6.45) is 11.3. The Bertz CT molecular complexity index is 4050. The summed E-state index contributed by atoms with van der Waals surface area (Å²) in [5.41, 5.74) is 0.370. The van der Waals surface area contributed by atoms with E-state index in [9.17, 15) is 57.5 Å². The van der Waals surface area contributed by atoms with E-state index in [2.05, 4.69) is 83.7 Å². The fourth-order valence-corrected chi connectivity index (χ4v) is 9.18. The Hall–Kier alpha value is -11.9. The van der Waals surface area contributed by atoms with Gasteiger partial charge in [0.1, 0.15) is 28.7 Å². The van der Waals surface area contributed by atoms with Crippen molar-refractivity contribution in [1.82, 2.24) is 83.8 Å². The van der Waals surface area contributed by atoms with Crippen molar-refractivity contribution >= 4 is 106 Å². The number of hydrogen-bond donors (Lipinski definition) is 12. The van der Waals surface area contributed by atoms with Gasteiger partial charge in [-0.05, 0) is 51.8 Å². The summed E-state index contributed by atoms with van der Waals surface area (Å²) in [4.78, 5) is 173. The maximum atomic E-state index is 13.8. The van der Waals surface area contributed by atoms with E-state index < -0.39 is 76.8 Å². The Morgan fingerprint density at radius 1 is 0.432 bits per heavy atom. The molecule has 7 aromatic heterocycles. The monoisotopic (exact) mass is 1320 g/mol. The molecular formula is C59H77N23O13. The molecular weight excluding hydrogens is 1240 g/mol. The topological polar surface area (TPSA) is 444 Å². The molecule has 36 nitrogen and oxygen atoms in total. The van der Waals surface area contributed by atoms with Crippen LogP contribution in [-0.2, 0) is 73.2 Å². The number of hydrogen-bond acceptors (Lipinski definition) is 17. The molecule has 12 amide bonds. The minimum absolute atomic E-state index is 0.00341. The third-order valence-electron chi connectivity index (χ3n) is 13.7. The molecule has 7 rings (SSSR count). The van der Waals surface area contributed by atoms with Gasteiger partial charge in [0, 0.05) is 151 Å². The number of aromatic nitrogens is 11. The highest BCUT2D eigenvalue weighted by Crippen LogP contribution is 2.20. The molecule has 0 fully saturated rings. The highest BCUT2D eigenvalue weighted by Gasteiger charge is 2.28. The summed E-state index contributed by atoms with van der Waals surface area (Å²) < 4.78 is 15.5. The van der Waals surface area contributed by atoms with E-state index in [1.807, 2.05) is 6.92 Å². The average Bonchev–Trinajstić information content (AvgIpc) is 1.73. The first-order chi connectivity index (χ1) is 44.9. The van der Waals surface area contributed by atoms with E-state index in [1.165, 1.54) is 96.9 Å². The number of amides is 12. The summed E-state index contributed by atoms with van der Waals surface area (Å²) in [5.74, 6) is -6.07. The number of alkyl carbamates (subject to hydrolysis) is 1. The van der Waals surface area contributed by atoms with Crippen molar-refractivity contribution in [1.29, 1.82) is 0 Å². The van der Waals surface area contributed by atoms with Gasteiger partial charge in [-0.2, -0.15) is 0 Å². The second kappa shape index (κ2) is 31.4. The van der Waals surface area contributed by atoms with Gasteiger partial charge in [-0.3, -0.25) is 52.7 Å². The van der Waals surface area contributed by atoms with Gasteiger partial charge in [0.15, 0.2) is 23.3 Å². The van der Waals surface area contributed by atoms with Crippen LogP contribution >= 0.6 is 0 Å². The first kappa shape index (κ1) is 70.6. The van der Waals surface area contributed by atoms with Crippen LogP contribution in [0.5, 0.6) is 0 Å². The van der Waals surface area contributed by atoms with Crippen LogP contribution in [0.25, 0.3) is 0 Å². The van der Waals surface area contributed by atoms with Gasteiger partial charge in [-0.1, -0.05) is 6.92 Å². The van der Waals surface area contributed by atoms with E-state index in [0.717, 1.165) is 6.42 Å². The van der Waals surface area contributed by atoms with E-state index >= 15 is 0 Å². The van der Waals surface area contributed by atoms with Gasteiger partial charge in [-0.25, -0.2) is 24.7 Å². The minimum atomic E-state index is -1.32. The Morgan fingerprint density at radius 2 is 0.853 bits per heavy atom. The van der Waals surface area contributed by atoms with Crippen molar-refractivity contribution in [2.24, 2.45) is 49.3 Å². The molecule has 1 atom stereocenters. The van der Waals surface area contributed by atoms with Crippen LogP contribution in [0.15, 0.2) is 67.8 Å². The molecule has 12 N–H and O–H groups in total. The number of rotatable bonds is 29. The lowest BCUT2D eigenvalue weighted by atomic mass is 10.2. The lowest BCUT2D eigenvalue weighted by Gasteiger charge is -2.23. The minimum Gasteiger partial charge on any atom is -0.444 e. The molecule has 7 aromatic rings. The average molecular weight is 1320 g/mol. The zero-order chi connectivity index (χ0) is 69.4. The molecule has 506 valence electrons. The molecule has 95 heavy (non-hydrogen) atoms. The lowest BCUT2D eigenvalue weighted by molar-refractivity contribution is -0.121. The van der Waals surface area contributed by atoms with Crippen LogP contribution in [0.3, 0.4) is 0 Å². The van der Waals surface area contributed by atoms with E-state index in [4.69, 9.17) is 4.74 Å². The number of ether oxygens (including phenoxy) is 1. The number of anilines is 6. The summed E-state index contributed by atoms with van der Waals surface area (Å²) >= 11 is 0. The maximum absolute atomic E-state index is 13.8. The number of nitrogens with one attached hydrogen (secondary N) is 12. The molecule has 0 saturated heterocycles. The summed E-state index contributed by atoms with van der Waals surface area (Å²) in [6.45, 7) is 7.07. The second-order valence-corrected chi connectivity index (χ2v) is 22.8. The van der Waals surface area contributed by atoms with E-state index in [-0.39, 0.29) is 127 Å². The number of nitrogens with zero attached hydrogens (tertiary/aromatic N) is 11. The van der Waals surface area contributed by atoms with Crippen molar-refractivity contribution in [2.45, 2.75) is 71.4 Å². The third kappa shape index (κ3) is 19.8. The van der Waals surface area contributed by atoms with Crippen molar-refractivity contribution in [3.8, 4) is 0 Å². The molecule has 0 unspecified atom stereocenters. The Morgan fingerprint density at radius 3 is 1.34 bits per heavy atom. The predicted octanol–water partition coefficient (Wildman–Crippen LogP) is 1.21. The highest BCUT2D eigenvalue weighted by atomic mass is 16.6. The molecule has 0 aliphatic heterocycles. The largest absolute Gasteiger partial charge is 0.444 e. The number of carbonyl (C=O) groups excluding carboxylic acids is 12. The molecule has 0 aliphatic carbocycles. The Kier molecular flexibility index (Phi) is 23.4. The van der Waals surface area contributed by atoms with Gasteiger partial charge in [0.05, 0.1) is 17.1 Å². The van der Waals surface area contributed by atoms with Gasteiger partial charge in [0.25, 0.3) is 41.4 Å². The summed E-state index contributed by atoms with van der Waals surface area (Å²) in [7, 11) is 11.0. The summed E-state index contributed by atoms with van der Waals surface area (Å²) in [5, 5.41) is 31.7. The Balaban J connectivity index is 0.848. The molecule has 0 aliphatic rings. The van der Waals surface area contributed by atoms with Crippen LogP contribution < -0.4 is 63.8 Å². The fourth-order valence-electron chi connectivity index (χ4n) is 9.18. The smallest absolute Gasteiger partial charge is 0.408 e. The van der Waals surface area contributed by atoms with Crippen molar-refractivity contribution in [3.63, 3.8) is 0 Å². The van der Waals surface area contributed by atoms with Crippen molar-refractivity contribution < 1.29 is 62.3 Å². The van der Waals surface area contributed by atoms with Gasteiger partial charge >= 0.3 is 6.09 Å². The first-order valence-electron chi connectivity index (χ1n) is 29.8.